The summed E-state index contributed by atoms with van der Waals surface area (Å²) < 4.78 is 5.48. The van der Waals surface area contributed by atoms with E-state index < -0.39 is 0 Å². The average Bonchev–Trinajstić information content (AvgIpc) is 2.61. The summed E-state index contributed by atoms with van der Waals surface area (Å²) in [5, 5.41) is 4.11. The van der Waals surface area contributed by atoms with Crippen LogP contribution in [0, 0.1) is 0 Å². The van der Waals surface area contributed by atoms with Crippen molar-refractivity contribution in [3.8, 4) is 11.4 Å². The van der Waals surface area contributed by atoms with Crippen molar-refractivity contribution in [3.05, 3.63) is 40.5 Å². The smallest absolute Gasteiger partial charge is 0.161 e. The first-order valence-corrected chi connectivity index (χ1v) is 8.38. The van der Waals surface area contributed by atoms with Gasteiger partial charge >= 0.3 is 0 Å². The Morgan fingerprint density at radius 1 is 1.17 bits per heavy atom. The Hall–Kier alpha value is -1.69. The lowest BCUT2D eigenvalue weighted by molar-refractivity contribution is 0.122. The number of anilines is 1. The number of aromatic nitrogens is 2. The quantitative estimate of drug-likeness (QED) is 0.915. The highest BCUT2D eigenvalue weighted by atomic mass is 35.5. The molecule has 0 atom stereocenters. The molecule has 120 valence electrons. The Balaban J connectivity index is 1.81. The third-order valence-electron chi connectivity index (χ3n) is 4.31. The normalized spacial score (nSPS) is 17.9. The summed E-state index contributed by atoms with van der Waals surface area (Å²) in [6.07, 6.45) is 0.970. The van der Waals surface area contributed by atoms with E-state index in [1.54, 1.807) is 0 Å². The molecule has 1 aromatic carbocycles. The van der Waals surface area contributed by atoms with Gasteiger partial charge in [0.05, 0.1) is 18.9 Å². The summed E-state index contributed by atoms with van der Waals surface area (Å²) in [6.45, 7) is 5.04. The number of hydrogen-bond donors (Lipinski definition) is 1. The fourth-order valence-corrected chi connectivity index (χ4v) is 3.32. The van der Waals surface area contributed by atoms with E-state index in [1.165, 1.54) is 5.56 Å². The van der Waals surface area contributed by atoms with E-state index in [0.717, 1.165) is 68.7 Å². The van der Waals surface area contributed by atoms with Gasteiger partial charge in [0, 0.05) is 35.8 Å². The Bertz CT molecular complexity index is 716. The summed E-state index contributed by atoms with van der Waals surface area (Å²) in [5.74, 6) is 1.81. The van der Waals surface area contributed by atoms with E-state index >= 15 is 0 Å². The molecule has 0 aliphatic carbocycles. The van der Waals surface area contributed by atoms with Crippen LogP contribution in [-0.4, -0.2) is 42.8 Å². The van der Waals surface area contributed by atoms with Gasteiger partial charge in [0.2, 0.25) is 0 Å². The van der Waals surface area contributed by atoms with Crippen molar-refractivity contribution in [2.75, 3.05) is 37.7 Å². The lowest BCUT2D eigenvalue weighted by atomic mass is 10.1. The molecule has 0 radical (unpaired) electrons. The molecule has 2 aliphatic rings. The Morgan fingerprint density at radius 2 is 2.04 bits per heavy atom. The first-order valence-electron chi connectivity index (χ1n) is 8.00. The maximum atomic E-state index is 6.13. The zero-order valence-corrected chi connectivity index (χ0v) is 13.6. The van der Waals surface area contributed by atoms with Crippen molar-refractivity contribution < 1.29 is 4.74 Å². The molecular formula is C17H19ClN4O. The first-order chi connectivity index (χ1) is 11.3. The molecule has 1 N–H and O–H groups in total. The fraction of sp³-hybridized carbons (Fsp3) is 0.412. The topological polar surface area (TPSA) is 50.3 Å². The molecule has 0 bridgehead atoms. The highest BCUT2D eigenvalue weighted by Crippen LogP contribution is 2.28. The lowest BCUT2D eigenvalue weighted by Crippen LogP contribution is -2.39. The maximum absolute atomic E-state index is 6.13. The molecule has 23 heavy (non-hydrogen) atoms. The number of hydrogen-bond acceptors (Lipinski definition) is 5. The van der Waals surface area contributed by atoms with E-state index in [2.05, 4.69) is 10.2 Å². The highest BCUT2D eigenvalue weighted by molar-refractivity contribution is 6.30. The standard InChI is InChI=1S/C17H19ClN4O/c18-13-3-1-2-12(10-13)16-20-15-11-19-5-4-14(15)17(21-16)22-6-8-23-9-7-22/h1-3,10,19H,4-9,11H2. The van der Waals surface area contributed by atoms with Crippen molar-refractivity contribution in [2.45, 2.75) is 13.0 Å². The molecule has 3 heterocycles. The molecule has 6 heteroatoms. The predicted octanol–water partition coefficient (Wildman–Crippen LogP) is 2.28. The van der Waals surface area contributed by atoms with Gasteiger partial charge in [-0.1, -0.05) is 23.7 Å². The van der Waals surface area contributed by atoms with Crippen LogP contribution in [0.2, 0.25) is 5.02 Å². The number of fused-ring (bicyclic) bond motifs is 1. The Morgan fingerprint density at radius 3 is 2.87 bits per heavy atom. The van der Waals surface area contributed by atoms with E-state index in [4.69, 9.17) is 26.3 Å². The average molecular weight is 331 g/mol. The number of halogens is 1. The summed E-state index contributed by atoms with van der Waals surface area (Å²) in [4.78, 5) is 12.0. The minimum Gasteiger partial charge on any atom is -0.378 e. The first kappa shape index (κ1) is 14.9. The van der Waals surface area contributed by atoms with Gasteiger partial charge in [0.25, 0.3) is 0 Å². The van der Waals surface area contributed by atoms with Crippen molar-refractivity contribution in [3.63, 3.8) is 0 Å². The van der Waals surface area contributed by atoms with E-state index in [9.17, 15) is 0 Å². The highest BCUT2D eigenvalue weighted by Gasteiger charge is 2.23. The van der Waals surface area contributed by atoms with Crippen LogP contribution >= 0.6 is 11.6 Å². The number of benzene rings is 1. The molecule has 2 aromatic rings. The molecule has 5 nitrogen and oxygen atoms in total. The van der Waals surface area contributed by atoms with Gasteiger partial charge in [-0.15, -0.1) is 0 Å². The third kappa shape index (κ3) is 3.04. The predicted molar refractivity (Wildman–Crippen MR) is 90.9 cm³/mol. The number of nitrogens with zero attached hydrogens (tertiary/aromatic N) is 3. The summed E-state index contributed by atoms with van der Waals surface area (Å²) in [7, 11) is 0. The van der Waals surface area contributed by atoms with Gasteiger partial charge in [0.15, 0.2) is 5.82 Å². The second kappa shape index (κ2) is 6.43. The van der Waals surface area contributed by atoms with Crippen LogP contribution in [0.15, 0.2) is 24.3 Å². The van der Waals surface area contributed by atoms with Gasteiger partial charge < -0.3 is 15.0 Å². The lowest BCUT2D eigenvalue weighted by Gasteiger charge is -2.31. The van der Waals surface area contributed by atoms with Gasteiger partial charge in [-0.25, -0.2) is 9.97 Å². The molecule has 1 fully saturated rings. The van der Waals surface area contributed by atoms with Crippen LogP contribution in [0.5, 0.6) is 0 Å². The van der Waals surface area contributed by atoms with Gasteiger partial charge in [-0.2, -0.15) is 0 Å². The van der Waals surface area contributed by atoms with Crippen molar-refractivity contribution in [1.82, 2.24) is 15.3 Å². The minimum absolute atomic E-state index is 0.704. The molecule has 0 amide bonds. The summed E-state index contributed by atoms with van der Waals surface area (Å²) >= 11 is 6.13. The SMILES string of the molecule is Clc1cccc(-c2nc3c(c(N4CCOCC4)n2)CCNC3)c1. The van der Waals surface area contributed by atoms with Crippen molar-refractivity contribution in [2.24, 2.45) is 0 Å². The Labute approximate surface area is 140 Å². The van der Waals surface area contributed by atoms with Gasteiger partial charge in [0.1, 0.15) is 5.82 Å². The molecular weight excluding hydrogens is 312 g/mol. The third-order valence-corrected chi connectivity index (χ3v) is 4.54. The molecule has 0 spiro atoms. The second-order valence-electron chi connectivity index (χ2n) is 5.83. The molecule has 4 rings (SSSR count). The molecule has 0 unspecified atom stereocenters. The van der Waals surface area contributed by atoms with E-state index in [-0.39, 0.29) is 0 Å². The van der Waals surface area contributed by atoms with Crippen LogP contribution in [0.1, 0.15) is 11.3 Å². The fourth-order valence-electron chi connectivity index (χ4n) is 3.13. The van der Waals surface area contributed by atoms with Crippen molar-refractivity contribution in [1.29, 1.82) is 0 Å². The van der Waals surface area contributed by atoms with Crippen LogP contribution in [-0.2, 0) is 17.7 Å². The number of rotatable bonds is 2. The summed E-state index contributed by atoms with van der Waals surface area (Å²) in [6, 6.07) is 7.73. The summed E-state index contributed by atoms with van der Waals surface area (Å²) in [5.41, 5.74) is 3.33. The zero-order valence-electron chi connectivity index (χ0n) is 12.9. The van der Waals surface area contributed by atoms with Crippen LogP contribution in [0.25, 0.3) is 11.4 Å². The van der Waals surface area contributed by atoms with E-state index in [0.29, 0.717) is 5.02 Å². The van der Waals surface area contributed by atoms with Gasteiger partial charge in [-0.3, -0.25) is 0 Å². The maximum Gasteiger partial charge on any atom is 0.161 e. The monoisotopic (exact) mass is 330 g/mol. The van der Waals surface area contributed by atoms with E-state index in [1.807, 2.05) is 24.3 Å². The van der Waals surface area contributed by atoms with Crippen LogP contribution < -0.4 is 10.2 Å². The number of nitrogens with one attached hydrogen (secondary N) is 1. The molecule has 0 saturated carbocycles. The number of ether oxygens (including phenoxy) is 1. The molecule has 1 aromatic heterocycles. The van der Waals surface area contributed by atoms with Crippen LogP contribution in [0.3, 0.4) is 0 Å². The number of morpholine rings is 1. The van der Waals surface area contributed by atoms with Crippen LogP contribution in [0.4, 0.5) is 5.82 Å². The minimum atomic E-state index is 0.704. The zero-order chi connectivity index (χ0) is 15.6. The molecule has 2 aliphatic heterocycles. The molecule has 1 saturated heterocycles. The Kier molecular flexibility index (Phi) is 4.16. The van der Waals surface area contributed by atoms with Crippen molar-refractivity contribution >= 4 is 17.4 Å². The second-order valence-corrected chi connectivity index (χ2v) is 6.27. The largest absolute Gasteiger partial charge is 0.378 e. The van der Waals surface area contributed by atoms with Gasteiger partial charge in [-0.05, 0) is 25.1 Å².